The third-order valence-corrected chi connectivity index (χ3v) is 8.50. The molecule has 5 heterocycles. The fraction of sp³-hybridized carbons (Fsp3) is 0.609. The highest BCUT2D eigenvalue weighted by Crippen LogP contribution is 2.43. The standard InChI is InChI=1S/C23H29ClFN5O3S/c1-15-8-22(14-33-15)3-6-29(7-4-22)20-16(10-31)28-18(9-27-20)34-17-2-5-26-21(19(17)24)30-11-23(25,12-30)13-32/h2,5,9,15,31-32H,3-4,6-8,10-14H2,1H3/t15-/m0/s1. The van der Waals surface area contributed by atoms with Crippen molar-refractivity contribution in [1.82, 2.24) is 15.0 Å². The van der Waals surface area contributed by atoms with Gasteiger partial charge in [0.25, 0.3) is 0 Å². The molecule has 2 aromatic heterocycles. The molecule has 2 N–H and O–H groups in total. The Morgan fingerprint density at radius 2 is 1.97 bits per heavy atom. The summed E-state index contributed by atoms with van der Waals surface area (Å²) in [6.45, 7) is 4.07. The van der Waals surface area contributed by atoms with Gasteiger partial charge in [0, 0.05) is 24.2 Å². The van der Waals surface area contributed by atoms with Crippen molar-refractivity contribution in [3.05, 3.63) is 29.2 Å². The van der Waals surface area contributed by atoms with Gasteiger partial charge in [0.1, 0.15) is 16.5 Å². The smallest absolute Gasteiger partial charge is 0.168 e. The summed E-state index contributed by atoms with van der Waals surface area (Å²) in [5.41, 5.74) is -0.804. The molecule has 184 valence electrons. The molecular formula is C23H29ClFN5O3S. The summed E-state index contributed by atoms with van der Waals surface area (Å²) in [6.07, 6.45) is 6.83. The van der Waals surface area contributed by atoms with E-state index in [9.17, 15) is 9.50 Å². The second-order valence-corrected chi connectivity index (χ2v) is 11.1. The average molecular weight is 510 g/mol. The molecule has 0 radical (unpaired) electrons. The highest BCUT2D eigenvalue weighted by molar-refractivity contribution is 7.99. The molecule has 3 saturated heterocycles. The molecule has 0 aliphatic carbocycles. The monoisotopic (exact) mass is 509 g/mol. The Morgan fingerprint density at radius 1 is 1.21 bits per heavy atom. The fourth-order valence-corrected chi connectivity index (χ4v) is 6.27. The van der Waals surface area contributed by atoms with Crippen molar-refractivity contribution >= 4 is 35.0 Å². The lowest BCUT2D eigenvalue weighted by atomic mass is 9.77. The Morgan fingerprint density at radius 3 is 2.62 bits per heavy atom. The number of ether oxygens (including phenoxy) is 1. The van der Waals surface area contributed by atoms with Crippen molar-refractivity contribution in [1.29, 1.82) is 0 Å². The van der Waals surface area contributed by atoms with Gasteiger partial charge in [-0.25, -0.2) is 19.3 Å². The number of hydrogen-bond acceptors (Lipinski definition) is 9. The van der Waals surface area contributed by atoms with Crippen molar-refractivity contribution in [3.8, 4) is 0 Å². The minimum Gasteiger partial charge on any atom is -0.393 e. The highest BCUT2D eigenvalue weighted by atomic mass is 35.5. The van der Waals surface area contributed by atoms with E-state index in [-0.39, 0.29) is 25.1 Å². The Labute approximate surface area is 207 Å². The van der Waals surface area contributed by atoms with Crippen molar-refractivity contribution in [2.45, 2.75) is 54.5 Å². The van der Waals surface area contributed by atoms with Gasteiger partial charge in [-0.05, 0) is 37.7 Å². The van der Waals surface area contributed by atoms with Gasteiger partial charge in [0.2, 0.25) is 0 Å². The molecule has 0 aromatic carbocycles. The average Bonchev–Trinajstić information content (AvgIpc) is 3.19. The van der Waals surface area contributed by atoms with Crippen LogP contribution in [-0.2, 0) is 11.3 Å². The van der Waals surface area contributed by atoms with Gasteiger partial charge in [-0.2, -0.15) is 0 Å². The number of aliphatic hydroxyl groups excluding tert-OH is 2. The number of pyridine rings is 1. The summed E-state index contributed by atoms with van der Waals surface area (Å²) in [4.78, 5) is 18.2. The van der Waals surface area contributed by atoms with E-state index in [1.807, 2.05) is 0 Å². The molecule has 0 saturated carbocycles. The highest BCUT2D eigenvalue weighted by Gasteiger charge is 2.44. The van der Waals surface area contributed by atoms with Gasteiger partial charge >= 0.3 is 0 Å². The number of aliphatic hydroxyl groups is 2. The molecular weight excluding hydrogens is 481 g/mol. The van der Waals surface area contributed by atoms with Gasteiger partial charge < -0.3 is 24.7 Å². The van der Waals surface area contributed by atoms with Gasteiger partial charge in [-0.3, -0.25) is 0 Å². The first-order chi connectivity index (χ1) is 16.3. The van der Waals surface area contributed by atoms with Gasteiger partial charge in [0.05, 0.1) is 50.2 Å². The number of alkyl halides is 1. The van der Waals surface area contributed by atoms with Crippen molar-refractivity contribution in [2.75, 3.05) is 49.2 Å². The van der Waals surface area contributed by atoms with Crippen LogP contribution in [0.1, 0.15) is 31.9 Å². The summed E-state index contributed by atoms with van der Waals surface area (Å²) in [5, 5.41) is 20.2. The number of piperidine rings is 1. The predicted octanol–water partition coefficient (Wildman–Crippen LogP) is 3.08. The van der Waals surface area contributed by atoms with E-state index in [0.717, 1.165) is 44.8 Å². The van der Waals surface area contributed by atoms with Crippen LogP contribution in [0.25, 0.3) is 0 Å². The molecule has 3 aliphatic heterocycles. The van der Waals surface area contributed by atoms with Gasteiger partial charge in [0.15, 0.2) is 11.5 Å². The van der Waals surface area contributed by atoms with E-state index >= 15 is 0 Å². The van der Waals surface area contributed by atoms with Crippen LogP contribution >= 0.6 is 23.4 Å². The molecule has 34 heavy (non-hydrogen) atoms. The molecule has 0 bridgehead atoms. The summed E-state index contributed by atoms with van der Waals surface area (Å²) in [6, 6.07) is 1.77. The van der Waals surface area contributed by atoms with Crippen LogP contribution in [0, 0.1) is 5.41 Å². The Bertz CT molecular complexity index is 1050. The molecule has 3 aliphatic rings. The zero-order valence-electron chi connectivity index (χ0n) is 19.1. The first kappa shape index (κ1) is 24.0. The third kappa shape index (κ3) is 4.58. The fourth-order valence-electron chi connectivity index (χ4n) is 5.13. The van der Waals surface area contributed by atoms with Crippen molar-refractivity contribution in [2.24, 2.45) is 5.41 Å². The van der Waals surface area contributed by atoms with Crippen molar-refractivity contribution in [3.63, 3.8) is 0 Å². The SMILES string of the molecule is C[C@H]1CC2(CCN(c3ncc(Sc4ccnc(N5CC(F)(CO)C5)c4Cl)nc3CO)CC2)CO1. The lowest BCUT2D eigenvalue weighted by Crippen LogP contribution is -2.61. The van der Waals surface area contributed by atoms with E-state index in [1.165, 1.54) is 11.8 Å². The maximum atomic E-state index is 14.1. The van der Waals surface area contributed by atoms with Crippen LogP contribution in [0.5, 0.6) is 0 Å². The summed E-state index contributed by atoms with van der Waals surface area (Å²) in [7, 11) is 0. The maximum absolute atomic E-state index is 14.1. The number of hydrogen-bond donors (Lipinski definition) is 2. The maximum Gasteiger partial charge on any atom is 0.168 e. The predicted molar refractivity (Wildman–Crippen MR) is 128 cm³/mol. The zero-order chi connectivity index (χ0) is 23.9. The molecule has 3 fully saturated rings. The van der Waals surface area contributed by atoms with Gasteiger partial charge in [-0.15, -0.1) is 0 Å². The van der Waals surface area contributed by atoms with Crippen LogP contribution in [0.15, 0.2) is 28.4 Å². The van der Waals surface area contributed by atoms with Crippen LogP contribution < -0.4 is 9.80 Å². The second-order valence-electron chi connectivity index (χ2n) is 9.66. The van der Waals surface area contributed by atoms with E-state index in [2.05, 4.69) is 26.8 Å². The first-order valence-electron chi connectivity index (χ1n) is 11.5. The molecule has 1 spiro atoms. The molecule has 5 rings (SSSR count). The Kier molecular flexibility index (Phi) is 6.62. The Hall–Kier alpha value is -1.72. The van der Waals surface area contributed by atoms with E-state index in [1.54, 1.807) is 23.4 Å². The lowest BCUT2D eigenvalue weighted by Gasteiger charge is -2.44. The zero-order valence-corrected chi connectivity index (χ0v) is 20.7. The minimum absolute atomic E-state index is 0.0513. The molecule has 1 atom stereocenters. The van der Waals surface area contributed by atoms with Crippen LogP contribution in [0.3, 0.4) is 0 Å². The van der Waals surface area contributed by atoms with Crippen molar-refractivity contribution < 1.29 is 19.3 Å². The van der Waals surface area contributed by atoms with E-state index in [4.69, 9.17) is 21.4 Å². The summed E-state index contributed by atoms with van der Waals surface area (Å²) >= 11 is 7.90. The van der Waals surface area contributed by atoms with E-state index < -0.39 is 12.3 Å². The van der Waals surface area contributed by atoms with E-state index in [0.29, 0.717) is 32.6 Å². The Balaban J connectivity index is 1.29. The number of anilines is 2. The summed E-state index contributed by atoms with van der Waals surface area (Å²) in [5.74, 6) is 1.20. The van der Waals surface area contributed by atoms with Gasteiger partial charge in [-0.1, -0.05) is 23.4 Å². The normalized spacial score (nSPS) is 23.4. The molecule has 0 unspecified atom stereocenters. The molecule has 0 amide bonds. The third-order valence-electron chi connectivity index (χ3n) is 7.05. The molecule has 11 heteroatoms. The number of rotatable bonds is 6. The largest absolute Gasteiger partial charge is 0.393 e. The molecule has 8 nitrogen and oxygen atoms in total. The quantitative estimate of drug-likeness (QED) is 0.609. The number of aromatic nitrogens is 3. The number of nitrogens with zero attached hydrogens (tertiary/aromatic N) is 5. The minimum atomic E-state index is -1.61. The van der Waals surface area contributed by atoms with Crippen LogP contribution in [0.2, 0.25) is 5.02 Å². The van der Waals surface area contributed by atoms with Crippen LogP contribution in [-0.4, -0.2) is 76.3 Å². The summed E-state index contributed by atoms with van der Waals surface area (Å²) < 4.78 is 19.9. The number of halogens is 2. The first-order valence-corrected chi connectivity index (χ1v) is 12.7. The second kappa shape index (κ2) is 9.39. The van der Waals surface area contributed by atoms with Crippen LogP contribution in [0.4, 0.5) is 16.0 Å². The molecule has 2 aromatic rings. The lowest BCUT2D eigenvalue weighted by molar-refractivity contribution is 0.0440. The topological polar surface area (TPSA) is 94.8 Å².